The minimum atomic E-state index is -0.742. The minimum absolute atomic E-state index is 0.00393. The fourth-order valence-electron chi connectivity index (χ4n) is 3.84. The van der Waals surface area contributed by atoms with E-state index >= 15 is 0 Å². The third-order valence-corrected chi connectivity index (χ3v) is 6.51. The molecular weight excluding hydrogens is 416 g/mol. The van der Waals surface area contributed by atoms with E-state index in [1.54, 1.807) is 6.07 Å². The zero-order valence-electron chi connectivity index (χ0n) is 18.0. The van der Waals surface area contributed by atoms with Gasteiger partial charge in [-0.15, -0.1) is 11.3 Å². The molecule has 2 aromatic rings. The molecule has 2 N–H and O–H groups in total. The first-order valence-corrected chi connectivity index (χ1v) is 11.2. The van der Waals surface area contributed by atoms with Crippen molar-refractivity contribution >= 4 is 28.8 Å². The minimum Gasteiger partial charge on any atom is -0.507 e. The Hall–Kier alpha value is -2.84. The van der Waals surface area contributed by atoms with E-state index in [1.807, 2.05) is 17.5 Å². The molecule has 1 amide bonds. The first-order chi connectivity index (χ1) is 14.9. The first kappa shape index (κ1) is 22.8. The van der Waals surface area contributed by atoms with Gasteiger partial charge in [0.1, 0.15) is 17.3 Å². The number of ether oxygens (including phenoxy) is 1. The summed E-state index contributed by atoms with van der Waals surface area (Å²) in [6.45, 7) is 7.22. The zero-order chi connectivity index (χ0) is 22.5. The smallest absolute Gasteiger partial charge is 0.295 e. The molecule has 7 nitrogen and oxygen atoms in total. The standard InChI is InChI=1S/C23H28N2O5S/c1-4-24(5-2)11-7-12-25-20(18-8-6-13-31-18)19(22(28)23(25)29)21(27)16-10-9-15(30-3)14-17(16)26/h6,8-10,13-14,20,26-27H,4-5,7,11-12H2,1-3H3/t20-/m1/s1. The average Bonchev–Trinajstić information content (AvgIpc) is 3.38. The highest BCUT2D eigenvalue weighted by atomic mass is 32.1. The van der Waals surface area contributed by atoms with Crippen molar-refractivity contribution < 1.29 is 24.5 Å². The number of aliphatic hydroxyl groups is 1. The molecule has 8 heteroatoms. The lowest BCUT2D eigenvalue weighted by Gasteiger charge is -2.25. The lowest BCUT2D eigenvalue weighted by Crippen LogP contribution is -2.33. The van der Waals surface area contributed by atoms with Crippen LogP contribution in [0.15, 0.2) is 41.3 Å². The summed E-state index contributed by atoms with van der Waals surface area (Å²) in [5.74, 6) is -1.57. The van der Waals surface area contributed by atoms with E-state index in [9.17, 15) is 19.8 Å². The molecule has 166 valence electrons. The molecule has 1 fully saturated rings. The van der Waals surface area contributed by atoms with Gasteiger partial charge in [0, 0.05) is 17.5 Å². The number of amides is 1. The fraction of sp³-hybridized carbons (Fsp3) is 0.391. The molecule has 0 bridgehead atoms. The van der Waals surface area contributed by atoms with Gasteiger partial charge in [0.2, 0.25) is 0 Å². The molecule has 1 aliphatic heterocycles. The third-order valence-electron chi connectivity index (χ3n) is 5.58. The van der Waals surface area contributed by atoms with Gasteiger partial charge in [0.25, 0.3) is 11.7 Å². The second-order valence-corrected chi connectivity index (χ2v) is 8.25. The molecule has 2 heterocycles. The molecule has 3 rings (SSSR count). The highest BCUT2D eigenvalue weighted by Gasteiger charge is 2.46. The van der Waals surface area contributed by atoms with Gasteiger partial charge in [-0.1, -0.05) is 19.9 Å². The SMILES string of the molecule is CCN(CC)CCCN1C(=O)C(=O)C(=C(O)c2ccc(OC)cc2O)[C@H]1c1cccs1. The molecule has 0 radical (unpaired) electrons. The molecule has 1 aromatic heterocycles. The van der Waals surface area contributed by atoms with Crippen LogP contribution in [0.2, 0.25) is 0 Å². The fourth-order valence-corrected chi connectivity index (χ4v) is 4.69. The molecule has 1 saturated heterocycles. The highest BCUT2D eigenvalue weighted by molar-refractivity contribution is 7.10. The maximum absolute atomic E-state index is 13.0. The number of Topliss-reactive ketones (excluding diaryl/α,β-unsaturated/α-hetero) is 1. The van der Waals surface area contributed by atoms with Crippen LogP contribution >= 0.6 is 11.3 Å². The molecular formula is C23H28N2O5S. The molecule has 1 aromatic carbocycles. The van der Waals surface area contributed by atoms with E-state index in [4.69, 9.17) is 4.74 Å². The van der Waals surface area contributed by atoms with Crippen LogP contribution in [0.3, 0.4) is 0 Å². The number of aromatic hydroxyl groups is 1. The Balaban J connectivity index is 2.00. The van der Waals surface area contributed by atoms with Crippen LogP contribution in [-0.2, 0) is 9.59 Å². The molecule has 0 saturated carbocycles. The lowest BCUT2D eigenvalue weighted by atomic mass is 9.99. The maximum atomic E-state index is 13.0. The number of hydrogen-bond acceptors (Lipinski definition) is 7. The van der Waals surface area contributed by atoms with E-state index in [0.717, 1.165) is 24.5 Å². The molecule has 0 unspecified atom stereocenters. The summed E-state index contributed by atoms with van der Waals surface area (Å²) in [7, 11) is 1.47. The van der Waals surface area contributed by atoms with E-state index in [1.165, 1.54) is 35.5 Å². The number of thiophene rings is 1. The van der Waals surface area contributed by atoms with Crippen LogP contribution in [-0.4, -0.2) is 65.0 Å². The molecule has 31 heavy (non-hydrogen) atoms. The number of carbonyl (C=O) groups is 2. The summed E-state index contributed by atoms with van der Waals surface area (Å²) in [4.78, 5) is 30.4. The number of aliphatic hydroxyl groups excluding tert-OH is 1. The molecule has 0 aliphatic carbocycles. The Bertz CT molecular complexity index is 966. The zero-order valence-corrected chi connectivity index (χ0v) is 18.8. The predicted molar refractivity (Wildman–Crippen MR) is 120 cm³/mol. The van der Waals surface area contributed by atoms with E-state index in [2.05, 4.69) is 18.7 Å². The Labute approximate surface area is 186 Å². The van der Waals surface area contributed by atoms with Gasteiger partial charge in [-0.2, -0.15) is 0 Å². The second-order valence-electron chi connectivity index (χ2n) is 7.27. The van der Waals surface area contributed by atoms with Crippen molar-refractivity contribution in [1.29, 1.82) is 0 Å². The number of nitrogens with zero attached hydrogens (tertiary/aromatic N) is 2. The Kier molecular flexibility index (Phi) is 7.35. The number of rotatable bonds is 9. The van der Waals surface area contributed by atoms with Crippen LogP contribution in [0.4, 0.5) is 0 Å². The van der Waals surface area contributed by atoms with Crippen LogP contribution in [0.5, 0.6) is 11.5 Å². The van der Waals surface area contributed by atoms with Crippen LogP contribution < -0.4 is 4.74 Å². The number of ketones is 1. The van der Waals surface area contributed by atoms with Gasteiger partial charge < -0.3 is 24.7 Å². The lowest BCUT2D eigenvalue weighted by molar-refractivity contribution is -0.139. The Morgan fingerprint density at radius 1 is 1.23 bits per heavy atom. The second kappa shape index (κ2) is 9.98. The van der Waals surface area contributed by atoms with Crippen molar-refractivity contribution in [2.24, 2.45) is 0 Å². The van der Waals surface area contributed by atoms with E-state index in [0.29, 0.717) is 18.7 Å². The van der Waals surface area contributed by atoms with Crippen molar-refractivity contribution in [3.05, 3.63) is 51.7 Å². The summed E-state index contributed by atoms with van der Waals surface area (Å²) < 4.78 is 5.08. The van der Waals surface area contributed by atoms with E-state index < -0.39 is 17.7 Å². The predicted octanol–water partition coefficient (Wildman–Crippen LogP) is 3.62. The largest absolute Gasteiger partial charge is 0.507 e. The average molecular weight is 445 g/mol. The topological polar surface area (TPSA) is 90.3 Å². The van der Waals surface area contributed by atoms with Gasteiger partial charge in [0.05, 0.1) is 24.3 Å². The number of hydrogen-bond donors (Lipinski definition) is 2. The number of benzene rings is 1. The number of carbonyl (C=O) groups excluding carboxylic acids is 2. The number of methoxy groups -OCH3 is 1. The number of likely N-dealkylation sites (tertiary alicyclic amines) is 1. The van der Waals surface area contributed by atoms with Crippen LogP contribution in [0.1, 0.15) is 36.8 Å². The molecule has 1 aliphatic rings. The van der Waals surface area contributed by atoms with Gasteiger partial charge in [0.15, 0.2) is 0 Å². The van der Waals surface area contributed by atoms with Crippen molar-refractivity contribution in [2.45, 2.75) is 26.3 Å². The van der Waals surface area contributed by atoms with Gasteiger partial charge in [-0.3, -0.25) is 9.59 Å². The Morgan fingerprint density at radius 2 is 1.97 bits per heavy atom. The van der Waals surface area contributed by atoms with Crippen LogP contribution in [0, 0.1) is 0 Å². The monoisotopic (exact) mass is 444 g/mol. The van der Waals surface area contributed by atoms with Crippen molar-refractivity contribution in [3.8, 4) is 11.5 Å². The van der Waals surface area contributed by atoms with Crippen molar-refractivity contribution in [3.63, 3.8) is 0 Å². The number of phenolic OH excluding ortho intramolecular Hbond substituents is 1. The van der Waals surface area contributed by atoms with Gasteiger partial charge in [-0.25, -0.2) is 0 Å². The van der Waals surface area contributed by atoms with Crippen molar-refractivity contribution in [1.82, 2.24) is 9.80 Å². The normalized spacial score (nSPS) is 18.2. The van der Waals surface area contributed by atoms with Gasteiger partial charge in [-0.05, 0) is 49.6 Å². The van der Waals surface area contributed by atoms with Crippen molar-refractivity contribution in [2.75, 3.05) is 33.3 Å². The van der Waals surface area contributed by atoms with Crippen LogP contribution in [0.25, 0.3) is 5.76 Å². The maximum Gasteiger partial charge on any atom is 0.295 e. The summed E-state index contributed by atoms with van der Waals surface area (Å²) in [5, 5.41) is 23.2. The van der Waals surface area contributed by atoms with E-state index in [-0.39, 0.29) is 22.6 Å². The quantitative estimate of drug-likeness (QED) is 0.349. The Morgan fingerprint density at radius 3 is 2.55 bits per heavy atom. The number of phenols is 1. The summed E-state index contributed by atoms with van der Waals surface area (Å²) >= 11 is 1.42. The summed E-state index contributed by atoms with van der Waals surface area (Å²) in [6.07, 6.45) is 0.713. The van der Waals surface area contributed by atoms with Gasteiger partial charge >= 0.3 is 0 Å². The summed E-state index contributed by atoms with van der Waals surface area (Å²) in [5.41, 5.74) is 0.0826. The first-order valence-electron chi connectivity index (χ1n) is 10.3. The molecule has 0 spiro atoms. The molecule has 1 atom stereocenters. The third kappa shape index (κ3) is 4.60. The highest BCUT2D eigenvalue weighted by Crippen LogP contribution is 2.42. The summed E-state index contributed by atoms with van der Waals surface area (Å²) in [6, 6.07) is 7.42.